The second-order valence-electron chi connectivity index (χ2n) is 3.50. The Bertz CT molecular complexity index is 331. The van der Waals surface area contributed by atoms with Crippen LogP contribution in [0.4, 0.5) is 0 Å². The second-order valence-corrected chi connectivity index (χ2v) is 4.31. The minimum atomic E-state index is 0.251. The van der Waals surface area contributed by atoms with Crippen molar-refractivity contribution >= 4 is 23.2 Å². The van der Waals surface area contributed by atoms with Crippen molar-refractivity contribution in [3.63, 3.8) is 0 Å². The van der Waals surface area contributed by atoms with Crippen LogP contribution in [-0.2, 0) is 4.74 Å². The lowest BCUT2D eigenvalue weighted by Crippen LogP contribution is -2.18. The summed E-state index contributed by atoms with van der Waals surface area (Å²) >= 11 is 11.9. The molecule has 0 radical (unpaired) electrons. The molecule has 2 nitrogen and oxygen atoms in total. The van der Waals surface area contributed by atoms with Gasteiger partial charge in [-0.1, -0.05) is 29.3 Å². The van der Waals surface area contributed by atoms with E-state index in [0.29, 0.717) is 10.0 Å². The normalized spacial score (nSPS) is 12.8. The van der Waals surface area contributed by atoms with Gasteiger partial charge >= 0.3 is 0 Å². The van der Waals surface area contributed by atoms with Crippen molar-refractivity contribution in [1.29, 1.82) is 0 Å². The summed E-state index contributed by atoms with van der Waals surface area (Å²) in [6, 6.07) is 5.96. The van der Waals surface area contributed by atoms with E-state index in [-0.39, 0.29) is 6.04 Å². The summed E-state index contributed by atoms with van der Waals surface area (Å²) in [6.45, 7) is 3.48. The van der Waals surface area contributed by atoms with Crippen molar-refractivity contribution in [1.82, 2.24) is 5.32 Å². The maximum Gasteiger partial charge on any atom is 0.0595 e. The number of rotatable bonds is 6. The van der Waals surface area contributed by atoms with E-state index in [9.17, 15) is 0 Å². The van der Waals surface area contributed by atoms with Gasteiger partial charge in [-0.05, 0) is 38.1 Å². The van der Waals surface area contributed by atoms with Crippen LogP contribution < -0.4 is 5.32 Å². The Kier molecular flexibility index (Phi) is 6.14. The third-order valence-corrected chi connectivity index (χ3v) is 3.19. The van der Waals surface area contributed by atoms with Crippen molar-refractivity contribution in [3.05, 3.63) is 33.8 Å². The molecule has 0 saturated carbocycles. The minimum Gasteiger partial charge on any atom is -0.382 e. The molecule has 4 heteroatoms. The Hall–Kier alpha value is -0.280. The van der Waals surface area contributed by atoms with Gasteiger partial charge in [0.2, 0.25) is 0 Å². The van der Waals surface area contributed by atoms with E-state index in [2.05, 4.69) is 5.32 Å². The molecule has 0 aliphatic heterocycles. The Balaban J connectivity index is 2.67. The zero-order valence-corrected chi connectivity index (χ0v) is 11.1. The van der Waals surface area contributed by atoms with E-state index in [1.165, 1.54) is 0 Å². The standard InChI is InChI=1S/C12H17Cl2NO/c1-3-16-7-6-12(15-2)9-4-5-10(13)11(14)8-9/h4-5,8,12,15H,3,6-7H2,1-2H3. The summed E-state index contributed by atoms with van der Waals surface area (Å²) in [5, 5.41) is 4.42. The molecule has 1 aromatic rings. The molecule has 0 fully saturated rings. The van der Waals surface area contributed by atoms with Crippen LogP contribution in [0.3, 0.4) is 0 Å². The molecular weight excluding hydrogens is 245 g/mol. The molecule has 1 rings (SSSR count). The van der Waals surface area contributed by atoms with Crippen LogP contribution in [0.2, 0.25) is 10.0 Å². The van der Waals surface area contributed by atoms with Gasteiger partial charge in [0.25, 0.3) is 0 Å². The number of hydrogen-bond acceptors (Lipinski definition) is 2. The van der Waals surface area contributed by atoms with Crippen LogP contribution in [-0.4, -0.2) is 20.3 Å². The first-order valence-corrected chi connectivity index (χ1v) is 6.14. The highest BCUT2D eigenvalue weighted by atomic mass is 35.5. The van der Waals surface area contributed by atoms with Gasteiger partial charge in [0, 0.05) is 19.3 Å². The van der Waals surface area contributed by atoms with E-state index < -0.39 is 0 Å². The Morgan fingerprint density at radius 1 is 1.31 bits per heavy atom. The van der Waals surface area contributed by atoms with E-state index in [1.54, 1.807) is 0 Å². The van der Waals surface area contributed by atoms with Gasteiger partial charge in [-0.25, -0.2) is 0 Å². The minimum absolute atomic E-state index is 0.251. The van der Waals surface area contributed by atoms with Crippen molar-refractivity contribution in [2.75, 3.05) is 20.3 Å². The smallest absolute Gasteiger partial charge is 0.0595 e. The Morgan fingerprint density at radius 2 is 2.06 bits per heavy atom. The van der Waals surface area contributed by atoms with Gasteiger partial charge in [-0.15, -0.1) is 0 Å². The average molecular weight is 262 g/mol. The molecule has 16 heavy (non-hydrogen) atoms. The molecule has 90 valence electrons. The predicted octanol–water partition coefficient (Wildman–Crippen LogP) is 3.68. The Morgan fingerprint density at radius 3 is 2.62 bits per heavy atom. The largest absolute Gasteiger partial charge is 0.382 e. The molecule has 0 aliphatic carbocycles. The van der Waals surface area contributed by atoms with Gasteiger partial charge in [0.1, 0.15) is 0 Å². The molecule has 0 spiro atoms. The number of benzene rings is 1. The summed E-state index contributed by atoms with van der Waals surface area (Å²) in [4.78, 5) is 0. The van der Waals surface area contributed by atoms with Crippen molar-refractivity contribution < 1.29 is 4.74 Å². The van der Waals surface area contributed by atoms with Crippen LogP contribution in [0.15, 0.2) is 18.2 Å². The molecule has 0 amide bonds. The van der Waals surface area contributed by atoms with Crippen LogP contribution in [0.5, 0.6) is 0 Å². The van der Waals surface area contributed by atoms with E-state index in [0.717, 1.165) is 25.2 Å². The van der Waals surface area contributed by atoms with Crippen LogP contribution in [0, 0.1) is 0 Å². The number of hydrogen-bond donors (Lipinski definition) is 1. The second kappa shape index (κ2) is 7.13. The maximum absolute atomic E-state index is 5.99. The number of nitrogens with one attached hydrogen (secondary N) is 1. The van der Waals surface area contributed by atoms with Gasteiger partial charge in [-0.2, -0.15) is 0 Å². The van der Waals surface area contributed by atoms with Crippen LogP contribution >= 0.6 is 23.2 Å². The van der Waals surface area contributed by atoms with Crippen molar-refractivity contribution in [3.8, 4) is 0 Å². The molecule has 0 bridgehead atoms. The fourth-order valence-corrected chi connectivity index (χ4v) is 1.86. The Labute approximate surface area is 107 Å². The first kappa shape index (κ1) is 13.8. The highest BCUT2D eigenvalue weighted by Gasteiger charge is 2.10. The van der Waals surface area contributed by atoms with Gasteiger partial charge < -0.3 is 10.1 Å². The van der Waals surface area contributed by atoms with E-state index >= 15 is 0 Å². The quantitative estimate of drug-likeness (QED) is 0.789. The van der Waals surface area contributed by atoms with E-state index in [4.69, 9.17) is 27.9 Å². The predicted molar refractivity (Wildman–Crippen MR) is 69.4 cm³/mol. The summed E-state index contributed by atoms with van der Waals surface area (Å²) in [6.07, 6.45) is 0.919. The lowest BCUT2D eigenvalue weighted by atomic mass is 10.0. The molecule has 1 unspecified atom stereocenters. The molecule has 1 N–H and O–H groups in total. The summed E-state index contributed by atoms with van der Waals surface area (Å²) in [7, 11) is 1.93. The number of ether oxygens (including phenoxy) is 1. The fourth-order valence-electron chi connectivity index (χ4n) is 1.55. The zero-order chi connectivity index (χ0) is 12.0. The highest BCUT2D eigenvalue weighted by molar-refractivity contribution is 6.42. The monoisotopic (exact) mass is 261 g/mol. The van der Waals surface area contributed by atoms with Crippen molar-refractivity contribution in [2.45, 2.75) is 19.4 Å². The van der Waals surface area contributed by atoms with Crippen molar-refractivity contribution in [2.24, 2.45) is 0 Å². The third kappa shape index (κ3) is 3.95. The topological polar surface area (TPSA) is 21.3 Å². The molecule has 1 atom stereocenters. The summed E-state index contributed by atoms with van der Waals surface area (Å²) in [5.41, 5.74) is 1.14. The van der Waals surface area contributed by atoms with Gasteiger partial charge in [-0.3, -0.25) is 0 Å². The summed E-state index contributed by atoms with van der Waals surface area (Å²) in [5.74, 6) is 0. The van der Waals surface area contributed by atoms with Crippen LogP contribution in [0.1, 0.15) is 24.9 Å². The molecular formula is C12H17Cl2NO. The maximum atomic E-state index is 5.99. The fraction of sp³-hybridized carbons (Fsp3) is 0.500. The molecule has 0 heterocycles. The molecule has 0 aromatic heterocycles. The average Bonchev–Trinajstić information content (AvgIpc) is 2.29. The molecule has 0 saturated heterocycles. The third-order valence-electron chi connectivity index (χ3n) is 2.45. The highest BCUT2D eigenvalue weighted by Crippen LogP contribution is 2.26. The van der Waals surface area contributed by atoms with Gasteiger partial charge in [0.15, 0.2) is 0 Å². The lowest BCUT2D eigenvalue weighted by Gasteiger charge is -2.17. The first-order chi connectivity index (χ1) is 7.69. The molecule has 1 aromatic carbocycles. The SMILES string of the molecule is CCOCCC(NC)c1ccc(Cl)c(Cl)c1. The molecule has 0 aliphatic rings. The van der Waals surface area contributed by atoms with E-state index in [1.807, 2.05) is 32.2 Å². The first-order valence-electron chi connectivity index (χ1n) is 5.39. The van der Waals surface area contributed by atoms with Crippen LogP contribution in [0.25, 0.3) is 0 Å². The van der Waals surface area contributed by atoms with Gasteiger partial charge in [0.05, 0.1) is 10.0 Å². The summed E-state index contributed by atoms with van der Waals surface area (Å²) < 4.78 is 5.34. The zero-order valence-electron chi connectivity index (χ0n) is 9.59. The lowest BCUT2D eigenvalue weighted by molar-refractivity contribution is 0.137. The number of halogens is 2.